The lowest BCUT2D eigenvalue weighted by atomic mass is 9.87. The molecule has 0 unspecified atom stereocenters. The lowest BCUT2D eigenvalue weighted by Gasteiger charge is -2.39. The molecular formula is C29H34F2N4O+. The van der Waals surface area contributed by atoms with Gasteiger partial charge in [0.1, 0.15) is 11.4 Å². The number of aromatic nitrogens is 1. The van der Waals surface area contributed by atoms with Gasteiger partial charge < -0.3 is 9.64 Å². The Labute approximate surface area is 212 Å². The molecule has 36 heavy (non-hydrogen) atoms. The first-order valence-corrected chi connectivity index (χ1v) is 12.8. The van der Waals surface area contributed by atoms with Gasteiger partial charge in [0.15, 0.2) is 5.69 Å². The van der Waals surface area contributed by atoms with Crippen molar-refractivity contribution in [2.24, 2.45) is 5.11 Å². The van der Waals surface area contributed by atoms with Crippen LogP contribution in [0.25, 0.3) is 5.70 Å². The highest BCUT2D eigenvalue weighted by Crippen LogP contribution is 2.48. The van der Waals surface area contributed by atoms with Crippen LogP contribution in [0.3, 0.4) is 0 Å². The third-order valence-corrected chi connectivity index (χ3v) is 7.51. The first-order valence-electron chi connectivity index (χ1n) is 12.8. The van der Waals surface area contributed by atoms with E-state index in [1.54, 1.807) is 6.07 Å². The number of ether oxygens (including phenoxy) is 1. The largest absolute Gasteiger partial charge is 0.495 e. The molecule has 0 saturated carbocycles. The van der Waals surface area contributed by atoms with Gasteiger partial charge in [-0.3, -0.25) is 4.98 Å². The van der Waals surface area contributed by atoms with Crippen molar-refractivity contribution >= 4 is 11.4 Å². The molecule has 1 aliphatic carbocycles. The van der Waals surface area contributed by atoms with Crippen LogP contribution in [0.4, 0.5) is 14.5 Å². The van der Waals surface area contributed by atoms with Gasteiger partial charge in [0.25, 0.3) is 12.0 Å². The maximum Gasteiger partial charge on any atom is 0.291 e. The summed E-state index contributed by atoms with van der Waals surface area (Å²) >= 11 is 0. The lowest BCUT2D eigenvalue weighted by Crippen LogP contribution is -2.43. The highest BCUT2D eigenvalue weighted by molar-refractivity contribution is 5.65. The Bertz CT molecular complexity index is 1230. The Morgan fingerprint density at radius 3 is 2.61 bits per heavy atom. The van der Waals surface area contributed by atoms with Crippen molar-refractivity contribution in [1.29, 1.82) is 0 Å². The van der Waals surface area contributed by atoms with Crippen LogP contribution >= 0.6 is 0 Å². The van der Waals surface area contributed by atoms with Gasteiger partial charge in [-0.05, 0) is 41.9 Å². The standard InChI is InChI=1S/C29H34F2N4O/c1-18(2)20-10-12-22(13-11-20)35-25-14-15-34(24-9-7-6-8-23(33-35)27(24)25)19(3)21-16-26(36-5)28(32-17-21)29(4,30)31/h10-13,16-18,24H,3,6-9,14-15H2,1-2,4-5H3/q+1/t24-/m0/s1. The molecule has 3 aliphatic rings. The van der Waals surface area contributed by atoms with Crippen LogP contribution in [0.1, 0.15) is 75.6 Å². The molecule has 1 aromatic carbocycles. The SMILES string of the molecule is C=C(c1cnc(C(C)(F)F)c(OC)c1)N1CC[C]2C3=C(CCCC[C@@H]31)N=[N+]2c1ccc(C(C)C)cc1. The molecule has 1 aromatic heterocycles. The van der Waals surface area contributed by atoms with E-state index in [1.807, 2.05) is 0 Å². The number of nitrogens with zero attached hydrogens (tertiary/aromatic N) is 4. The molecule has 1 saturated heterocycles. The number of alkyl halides is 2. The van der Waals surface area contributed by atoms with Crippen molar-refractivity contribution in [1.82, 2.24) is 9.88 Å². The molecule has 7 heteroatoms. The van der Waals surface area contributed by atoms with Gasteiger partial charge in [-0.2, -0.15) is 8.78 Å². The van der Waals surface area contributed by atoms with E-state index < -0.39 is 5.92 Å². The highest BCUT2D eigenvalue weighted by atomic mass is 19.3. The summed E-state index contributed by atoms with van der Waals surface area (Å²) in [6.07, 6.45) is 6.50. The summed E-state index contributed by atoms with van der Waals surface area (Å²) in [5, 5.41) is 5.09. The van der Waals surface area contributed by atoms with Gasteiger partial charge >= 0.3 is 0 Å². The van der Waals surface area contributed by atoms with Crippen LogP contribution < -0.4 is 4.74 Å². The molecule has 5 nitrogen and oxygen atoms in total. The minimum Gasteiger partial charge on any atom is -0.495 e. The molecule has 0 N–H and O–H groups in total. The number of azo groups is 2. The maximum absolute atomic E-state index is 14.0. The number of allylic oxidation sites excluding steroid dienone is 1. The predicted octanol–water partition coefficient (Wildman–Crippen LogP) is 7.54. The molecule has 0 spiro atoms. The molecule has 2 aromatic rings. The second-order valence-corrected chi connectivity index (χ2v) is 10.3. The minimum absolute atomic E-state index is 0.0815. The van der Waals surface area contributed by atoms with Crippen molar-refractivity contribution < 1.29 is 18.2 Å². The van der Waals surface area contributed by atoms with E-state index in [0.29, 0.717) is 11.5 Å². The molecule has 189 valence electrons. The van der Waals surface area contributed by atoms with E-state index in [4.69, 9.17) is 9.85 Å². The smallest absolute Gasteiger partial charge is 0.291 e. The molecule has 3 heterocycles. The quantitative estimate of drug-likeness (QED) is 0.391. The van der Waals surface area contributed by atoms with Crippen LogP contribution in [0.5, 0.6) is 5.75 Å². The fourth-order valence-corrected chi connectivity index (χ4v) is 5.58. The van der Waals surface area contributed by atoms with Crippen molar-refractivity contribution in [3.05, 3.63) is 77.2 Å². The molecule has 0 amide bonds. The number of pyridine rings is 1. The van der Waals surface area contributed by atoms with Gasteiger partial charge in [0.05, 0.1) is 18.7 Å². The van der Waals surface area contributed by atoms with Crippen molar-refractivity contribution in [2.75, 3.05) is 13.7 Å². The first-order chi connectivity index (χ1) is 17.2. The summed E-state index contributed by atoms with van der Waals surface area (Å²) in [7, 11) is 1.39. The summed E-state index contributed by atoms with van der Waals surface area (Å²) < 4.78 is 35.4. The molecule has 1 radical (unpaired) electrons. The van der Waals surface area contributed by atoms with E-state index in [9.17, 15) is 8.78 Å². The van der Waals surface area contributed by atoms with Crippen LogP contribution in [-0.4, -0.2) is 34.3 Å². The predicted molar refractivity (Wildman–Crippen MR) is 136 cm³/mol. The number of hydrogen-bond donors (Lipinski definition) is 0. The monoisotopic (exact) mass is 492 g/mol. The third-order valence-electron chi connectivity index (χ3n) is 7.51. The Kier molecular flexibility index (Phi) is 6.43. The molecule has 5 rings (SSSR count). The van der Waals surface area contributed by atoms with E-state index in [2.05, 4.69) is 59.3 Å². The van der Waals surface area contributed by atoms with Gasteiger partial charge in [-0.15, -0.1) is 0 Å². The lowest BCUT2D eigenvalue weighted by molar-refractivity contribution is -0.487. The average Bonchev–Trinajstić information content (AvgIpc) is 3.10. The zero-order valence-electron chi connectivity index (χ0n) is 21.5. The maximum atomic E-state index is 14.0. The fourth-order valence-electron chi connectivity index (χ4n) is 5.58. The number of hydrogen-bond acceptors (Lipinski definition) is 4. The van der Waals surface area contributed by atoms with E-state index in [-0.39, 0.29) is 17.5 Å². The number of benzene rings is 1. The summed E-state index contributed by atoms with van der Waals surface area (Å²) in [6, 6.07) is 11.8. The summed E-state index contributed by atoms with van der Waals surface area (Å²) in [6.45, 7) is 10.4. The van der Waals surface area contributed by atoms with Crippen molar-refractivity contribution in [3.8, 4) is 5.75 Å². The zero-order chi connectivity index (χ0) is 25.6. The van der Waals surface area contributed by atoms with Gasteiger partial charge in [-0.1, -0.05) is 43.7 Å². The summed E-state index contributed by atoms with van der Waals surface area (Å²) in [5.74, 6) is -2.51. The van der Waals surface area contributed by atoms with E-state index in [1.165, 1.54) is 30.5 Å². The van der Waals surface area contributed by atoms with Gasteiger partial charge in [0.2, 0.25) is 5.69 Å². The first kappa shape index (κ1) is 24.6. The normalized spacial score (nSPS) is 20.4. The summed E-state index contributed by atoms with van der Waals surface area (Å²) in [5.41, 5.74) is 6.01. The minimum atomic E-state index is -3.08. The number of methoxy groups -OCH3 is 1. The molecule has 1 atom stereocenters. The molecule has 1 fully saturated rings. The van der Waals surface area contributed by atoms with Crippen molar-refractivity contribution in [2.45, 2.75) is 70.8 Å². The molecule has 0 bridgehead atoms. The summed E-state index contributed by atoms with van der Waals surface area (Å²) in [4.78, 5) is 6.38. The second-order valence-electron chi connectivity index (χ2n) is 10.3. The zero-order valence-corrected chi connectivity index (χ0v) is 21.5. The molecular weight excluding hydrogens is 458 g/mol. The average molecular weight is 493 g/mol. The Morgan fingerprint density at radius 1 is 1.19 bits per heavy atom. The Hall–Kier alpha value is -3.09. The van der Waals surface area contributed by atoms with Crippen LogP contribution in [0.2, 0.25) is 0 Å². The number of rotatable bonds is 6. The highest BCUT2D eigenvalue weighted by Gasteiger charge is 2.49. The second kappa shape index (κ2) is 9.41. The molecule has 2 aliphatic heterocycles. The van der Waals surface area contributed by atoms with Gasteiger partial charge in [0, 0.05) is 49.5 Å². The Morgan fingerprint density at radius 2 is 1.94 bits per heavy atom. The van der Waals surface area contributed by atoms with Crippen molar-refractivity contribution in [3.63, 3.8) is 0 Å². The van der Waals surface area contributed by atoms with E-state index in [0.717, 1.165) is 62.7 Å². The third kappa shape index (κ3) is 4.33. The topological polar surface area (TPSA) is 40.7 Å². The van der Waals surface area contributed by atoms with Crippen LogP contribution in [-0.2, 0) is 5.92 Å². The fraction of sp³-hybridized carbons (Fsp3) is 0.448. The number of piperidine rings is 1. The van der Waals surface area contributed by atoms with Crippen LogP contribution in [0.15, 0.2) is 59.5 Å². The van der Waals surface area contributed by atoms with E-state index >= 15 is 0 Å². The van der Waals surface area contributed by atoms with Crippen LogP contribution in [0, 0.1) is 6.04 Å². The number of halogens is 2. The number of likely N-dealkylation sites (tertiary alicyclic amines) is 1. The van der Waals surface area contributed by atoms with Gasteiger partial charge in [-0.25, -0.2) is 0 Å². The Balaban J connectivity index is 1.44.